The van der Waals surface area contributed by atoms with Crippen molar-refractivity contribution in [2.75, 3.05) is 7.11 Å². The van der Waals surface area contributed by atoms with Crippen LogP contribution in [-0.2, 0) is 0 Å². The highest BCUT2D eigenvalue weighted by molar-refractivity contribution is 9.10. The van der Waals surface area contributed by atoms with Gasteiger partial charge in [0, 0.05) is 11.6 Å². The second-order valence-corrected chi connectivity index (χ2v) is 4.45. The monoisotopic (exact) mass is 269 g/mol. The lowest BCUT2D eigenvalue weighted by Gasteiger charge is -2.06. The molecule has 1 aromatic rings. The molecule has 0 bridgehead atoms. The third-order valence-corrected chi connectivity index (χ3v) is 2.98. The number of ether oxygens (including phenoxy) is 1. The van der Waals surface area contributed by atoms with Crippen molar-refractivity contribution in [3.63, 3.8) is 0 Å². The van der Waals surface area contributed by atoms with Crippen LogP contribution in [0.4, 0.5) is 0 Å². The van der Waals surface area contributed by atoms with E-state index in [9.17, 15) is 4.79 Å². The van der Waals surface area contributed by atoms with Crippen LogP contribution < -0.4 is 10.1 Å². The molecule has 0 spiro atoms. The van der Waals surface area contributed by atoms with E-state index in [4.69, 9.17) is 4.74 Å². The smallest absolute Gasteiger partial charge is 0.251 e. The minimum absolute atomic E-state index is 0.0247. The summed E-state index contributed by atoms with van der Waals surface area (Å²) in [6, 6.07) is 5.72. The zero-order chi connectivity index (χ0) is 10.8. The highest BCUT2D eigenvalue weighted by Crippen LogP contribution is 2.26. The Bertz CT molecular complexity index is 388. The summed E-state index contributed by atoms with van der Waals surface area (Å²) in [4.78, 5) is 11.7. The van der Waals surface area contributed by atoms with Crippen molar-refractivity contribution in [1.29, 1.82) is 0 Å². The minimum Gasteiger partial charge on any atom is -0.496 e. The van der Waals surface area contributed by atoms with E-state index in [2.05, 4.69) is 21.2 Å². The molecule has 80 valence electrons. The van der Waals surface area contributed by atoms with Crippen LogP contribution in [0.15, 0.2) is 22.7 Å². The van der Waals surface area contributed by atoms with Crippen molar-refractivity contribution in [3.05, 3.63) is 28.2 Å². The molecule has 15 heavy (non-hydrogen) atoms. The fourth-order valence-electron chi connectivity index (χ4n) is 1.30. The Kier molecular flexibility index (Phi) is 2.95. The second-order valence-electron chi connectivity index (χ2n) is 3.60. The molecule has 0 radical (unpaired) electrons. The number of amides is 1. The number of nitrogens with one attached hydrogen (secondary N) is 1. The summed E-state index contributed by atoms with van der Waals surface area (Å²) in [7, 11) is 1.59. The van der Waals surface area contributed by atoms with E-state index in [1.165, 1.54) is 0 Å². The van der Waals surface area contributed by atoms with E-state index >= 15 is 0 Å². The number of hydrogen-bond donors (Lipinski definition) is 1. The maximum absolute atomic E-state index is 11.7. The largest absolute Gasteiger partial charge is 0.496 e. The van der Waals surface area contributed by atoms with E-state index in [1.54, 1.807) is 19.2 Å². The van der Waals surface area contributed by atoms with E-state index < -0.39 is 0 Å². The Balaban J connectivity index is 2.16. The highest BCUT2D eigenvalue weighted by Gasteiger charge is 2.23. The molecule has 0 aromatic heterocycles. The lowest BCUT2D eigenvalue weighted by molar-refractivity contribution is 0.0950. The SMILES string of the molecule is COc1cc(C(=O)NC2CC2)ccc1Br. The number of rotatable bonds is 3. The topological polar surface area (TPSA) is 38.3 Å². The standard InChI is InChI=1S/C11H12BrNO2/c1-15-10-6-7(2-5-9(10)12)11(14)13-8-3-4-8/h2,5-6,8H,3-4H2,1H3,(H,13,14). The van der Waals surface area contributed by atoms with Gasteiger partial charge in [-0.2, -0.15) is 0 Å². The van der Waals surface area contributed by atoms with E-state index in [0.717, 1.165) is 17.3 Å². The summed E-state index contributed by atoms with van der Waals surface area (Å²) in [6.45, 7) is 0. The fraction of sp³-hybridized carbons (Fsp3) is 0.364. The van der Waals surface area contributed by atoms with Crippen molar-refractivity contribution >= 4 is 21.8 Å². The number of hydrogen-bond acceptors (Lipinski definition) is 2. The number of methoxy groups -OCH3 is 1. The van der Waals surface area contributed by atoms with Gasteiger partial charge in [-0.1, -0.05) is 0 Å². The number of carbonyl (C=O) groups is 1. The fourth-order valence-corrected chi connectivity index (χ4v) is 1.71. The van der Waals surface area contributed by atoms with Crippen LogP contribution in [0.1, 0.15) is 23.2 Å². The van der Waals surface area contributed by atoms with E-state index in [1.807, 2.05) is 6.07 Å². The maximum Gasteiger partial charge on any atom is 0.251 e. The summed E-state index contributed by atoms with van der Waals surface area (Å²) >= 11 is 3.35. The average molecular weight is 270 g/mol. The first-order valence-corrected chi connectivity index (χ1v) is 5.64. The molecule has 4 heteroatoms. The van der Waals surface area contributed by atoms with Gasteiger partial charge in [0.25, 0.3) is 5.91 Å². The van der Waals surface area contributed by atoms with Crippen molar-refractivity contribution < 1.29 is 9.53 Å². The van der Waals surface area contributed by atoms with Crippen molar-refractivity contribution in [2.45, 2.75) is 18.9 Å². The molecule has 1 saturated carbocycles. The Hall–Kier alpha value is -1.03. The molecule has 3 nitrogen and oxygen atoms in total. The quantitative estimate of drug-likeness (QED) is 0.915. The van der Waals surface area contributed by atoms with Crippen LogP contribution in [0, 0.1) is 0 Å². The second kappa shape index (κ2) is 4.23. The van der Waals surface area contributed by atoms with Gasteiger partial charge in [-0.25, -0.2) is 0 Å². The lowest BCUT2D eigenvalue weighted by atomic mass is 10.2. The summed E-state index contributed by atoms with van der Waals surface area (Å²) < 4.78 is 5.98. The average Bonchev–Trinajstić information content (AvgIpc) is 3.02. The first kappa shape index (κ1) is 10.5. The van der Waals surface area contributed by atoms with Crippen LogP contribution in [0.5, 0.6) is 5.75 Å². The zero-order valence-corrected chi connectivity index (χ0v) is 10.0. The normalized spacial score (nSPS) is 14.8. The summed E-state index contributed by atoms with van der Waals surface area (Å²) in [5.41, 5.74) is 0.641. The number of carbonyl (C=O) groups excluding carboxylic acids is 1. The molecule has 1 N–H and O–H groups in total. The van der Waals surface area contributed by atoms with Crippen LogP contribution in [0.3, 0.4) is 0 Å². The molecule has 0 saturated heterocycles. The molecule has 0 heterocycles. The van der Waals surface area contributed by atoms with Crippen LogP contribution in [0.25, 0.3) is 0 Å². The lowest BCUT2D eigenvalue weighted by Crippen LogP contribution is -2.25. The van der Waals surface area contributed by atoms with Crippen LogP contribution in [-0.4, -0.2) is 19.1 Å². The van der Waals surface area contributed by atoms with Gasteiger partial charge in [0.05, 0.1) is 11.6 Å². The van der Waals surface area contributed by atoms with Gasteiger partial charge >= 0.3 is 0 Å². The van der Waals surface area contributed by atoms with Crippen LogP contribution in [0.2, 0.25) is 0 Å². The Morgan fingerprint density at radius 3 is 2.87 bits per heavy atom. The third kappa shape index (κ3) is 2.50. The summed E-state index contributed by atoms with van der Waals surface area (Å²) in [6.07, 6.45) is 2.19. The molecular formula is C11H12BrNO2. The summed E-state index contributed by atoms with van der Waals surface area (Å²) in [5.74, 6) is 0.654. The molecule has 1 aromatic carbocycles. The molecule has 0 unspecified atom stereocenters. The van der Waals surface area contributed by atoms with Crippen molar-refractivity contribution in [3.8, 4) is 5.75 Å². The first-order chi connectivity index (χ1) is 7.20. The van der Waals surface area contributed by atoms with Gasteiger partial charge in [0.1, 0.15) is 5.75 Å². The van der Waals surface area contributed by atoms with Gasteiger partial charge in [-0.05, 0) is 47.0 Å². The third-order valence-electron chi connectivity index (χ3n) is 2.33. The Morgan fingerprint density at radius 1 is 1.53 bits per heavy atom. The predicted molar refractivity (Wildman–Crippen MR) is 61.2 cm³/mol. The molecular weight excluding hydrogens is 258 g/mol. The molecule has 0 atom stereocenters. The predicted octanol–water partition coefficient (Wildman–Crippen LogP) is 2.35. The Morgan fingerprint density at radius 2 is 2.27 bits per heavy atom. The Labute approximate surface area is 96.9 Å². The number of halogens is 1. The minimum atomic E-state index is -0.0247. The van der Waals surface area contributed by atoms with Gasteiger partial charge < -0.3 is 10.1 Å². The molecule has 1 aliphatic rings. The van der Waals surface area contributed by atoms with Crippen molar-refractivity contribution in [2.24, 2.45) is 0 Å². The first-order valence-electron chi connectivity index (χ1n) is 4.85. The zero-order valence-electron chi connectivity index (χ0n) is 8.42. The molecule has 1 fully saturated rings. The maximum atomic E-state index is 11.7. The highest BCUT2D eigenvalue weighted by atomic mass is 79.9. The van der Waals surface area contributed by atoms with E-state index in [0.29, 0.717) is 17.4 Å². The molecule has 1 aliphatic carbocycles. The van der Waals surface area contributed by atoms with Gasteiger partial charge in [-0.3, -0.25) is 4.79 Å². The molecule has 2 rings (SSSR count). The van der Waals surface area contributed by atoms with E-state index in [-0.39, 0.29) is 5.91 Å². The summed E-state index contributed by atoms with van der Waals surface area (Å²) in [5, 5.41) is 2.93. The van der Waals surface area contributed by atoms with Gasteiger partial charge in [0.15, 0.2) is 0 Å². The number of benzene rings is 1. The van der Waals surface area contributed by atoms with Gasteiger partial charge in [-0.15, -0.1) is 0 Å². The molecule has 0 aliphatic heterocycles. The van der Waals surface area contributed by atoms with Gasteiger partial charge in [0.2, 0.25) is 0 Å². The van der Waals surface area contributed by atoms with Crippen molar-refractivity contribution in [1.82, 2.24) is 5.32 Å². The molecule has 1 amide bonds. The van der Waals surface area contributed by atoms with Crippen LogP contribution >= 0.6 is 15.9 Å².